The van der Waals surface area contributed by atoms with Crippen molar-refractivity contribution in [2.45, 2.75) is 27.7 Å². The van der Waals surface area contributed by atoms with Crippen molar-refractivity contribution in [1.29, 1.82) is 0 Å². The van der Waals surface area contributed by atoms with Crippen LogP contribution in [-0.4, -0.2) is 16.6 Å². The molecule has 1 heterocycles. The Morgan fingerprint density at radius 1 is 1.00 bits per heavy atom. The molecule has 126 valence electrons. The Labute approximate surface area is 148 Å². The van der Waals surface area contributed by atoms with Gasteiger partial charge >= 0.3 is 0 Å². The zero-order valence-corrected chi connectivity index (χ0v) is 15.1. The lowest BCUT2D eigenvalue weighted by Crippen LogP contribution is -1.99. The number of hydrogen-bond acceptors (Lipinski definition) is 2. The van der Waals surface area contributed by atoms with Crippen LogP contribution < -0.4 is 0 Å². The molecule has 0 aliphatic rings. The second-order valence-electron chi connectivity index (χ2n) is 6.37. The number of benzene rings is 2. The van der Waals surface area contributed by atoms with Crippen LogP contribution in [0.4, 0.5) is 5.69 Å². The van der Waals surface area contributed by atoms with Gasteiger partial charge in [0, 0.05) is 34.4 Å². The molecule has 0 unspecified atom stereocenters. The molecule has 3 aromatic rings. The number of aryl methyl sites for hydroxylation is 2. The molecule has 0 aliphatic heterocycles. The van der Waals surface area contributed by atoms with Gasteiger partial charge in [-0.2, -0.15) is 0 Å². The smallest absolute Gasteiger partial charge is 0.159 e. The van der Waals surface area contributed by atoms with Gasteiger partial charge in [0.05, 0.1) is 5.69 Å². The normalized spacial score (nSPS) is 11.2. The Hall–Kier alpha value is -2.94. The van der Waals surface area contributed by atoms with Crippen molar-refractivity contribution in [3.63, 3.8) is 0 Å². The fourth-order valence-corrected chi connectivity index (χ4v) is 3.03. The quantitative estimate of drug-likeness (QED) is 0.468. The maximum Gasteiger partial charge on any atom is 0.159 e. The molecule has 0 fully saturated rings. The number of hydrogen-bond donors (Lipinski definition) is 0. The predicted molar refractivity (Wildman–Crippen MR) is 104 cm³/mol. The third-order valence-corrected chi connectivity index (χ3v) is 4.34. The highest BCUT2D eigenvalue weighted by molar-refractivity contribution is 5.95. The van der Waals surface area contributed by atoms with E-state index in [1.807, 2.05) is 30.5 Å². The van der Waals surface area contributed by atoms with Crippen molar-refractivity contribution in [2.75, 3.05) is 0 Å². The van der Waals surface area contributed by atoms with E-state index in [1.54, 1.807) is 6.92 Å². The molecule has 0 aliphatic carbocycles. The molecule has 3 nitrogen and oxygen atoms in total. The third kappa shape index (κ3) is 3.61. The first-order chi connectivity index (χ1) is 12.0. The van der Waals surface area contributed by atoms with Gasteiger partial charge in [-0.3, -0.25) is 9.79 Å². The highest BCUT2D eigenvalue weighted by Crippen LogP contribution is 2.21. The summed E-state index contributed by atoms with van der Waals surface area (Å²) in [5, 5.41) is 0. The van der Waals surface area contributed by atoms with Crippen LogP contribution in [0.15, 0.2) is 59.6 Å². The number of aliphatic imine (C=N–C) groups is 1. The summed E-state index contributed by atoms with van der Waals surface area (Å²) in [5.74, 6) is 0.0506. The average molecular weight is 330 g/mol. The minimum absolute atomic E-state index is 0.0506. The lowest BCUT2D eigenvalue weighted by molar-refractivity contribution is 0.101. The number of rotatable bonds is 4. The van der Waals surface area contributed by atoms with Crippen LogP contribution in [0.3, 0.4) is 0 Å². The topological polar surface area (TPSA) is 34.4 Å². The first-order valence-corrected chi connectivity index (χ1v) is 8.37. The van der Waals surface area contributed by atoms with Crippen molar-refractivity contribution in [2.24, 2.45) is 4.99 Å². The summed E-state index contributed by atoms with van der Waals surface area (Å²) >= 11 is 0. The second kappa shape index (κ2) is 6.89. The molecule has 0 N–H and O–H groups in total. The van der Waals surface area contributed by atoms with Crippen molar-refractivity contribution < 1.29 is 4.79 Å². The van der Waals surface area contributed by atoms with Crippen molar-refractivity contribution >= 4 is 17.7 Å². The van der Waals surface area contributed by atoms with Crippen molar-refractivity contribution in [3.8, 4) is 5.69 Å². The summed E-state index contributed by atoms with van der Waals surface area (Å²) < 4.78 is 2.24. The number of Topliss-reactive ketones (excluding diaryl/α,β-unsaturated/α-hetero) is 1. The van der Waals surface area contributed by atoms with Crippen LogP contribution in [0.1, 0.15) is 39.8 Å². The van der Waals surface area contributed by atoms with Crippen LogP contribution in [0.25, 0.3) is 5.69 Å². The van der Waals surface area contributed by atoms with Crippen molar-refractivity contribution in [1.82, 2.24) is 4.57 Å². The van der Waals surface area contributed by atoms with E-state index in [0.717, 1.165) is 22.6 Å². The Morgan fingerprint density at radius 2 is 1.76 bits per heavy atom. The first-order valence-electron chi connectivity index (χ1n) is 8.37. The summed E-state index contributed by atoms with van der Waals surface area (Å²) in [7, 11) is 0. The van der Waals surface area contributed by atoms with Gasteiger partial charge in [-0.15, -0.1) is 0 Å². The number of carbonyl (C=O) groups excluding carboxylic acids is 1. The summed E-state index contributed by atoms with van der Waals surface area (Å²) in [6, 6.07) is 18.0. The highest BCUT2D eigenvalue weighted by Gasteiger charge is 2.09. The van der Waals surface area contributed by atoms with Gasteiger partial charge in [0.15, 0.2) is 5.78 Å². The second-order valence-corrected chi connectivity index (χ2v) is 6.37. The van der Waals surface area contributed by atoms with E-state index in [4.69, 9.17) is 0 Å². The fraction of sp³-hybridized carbons (Fsp3) is 0.182. The van der Waals surface area contributed by atoms with Gasteiger partial charge in [-0.25, -0.2) is 0 Å². The molecule has 25 heavy (non-hydrogen) atoms. The molecule has 0 spiro atoms. The lowest BCUT2D eigenvalue weighted by Gasteiger charge is -2.10. The molecular weight excluding hydrogens is 308 g/mol. The number of carbonyl (C=O) groups is 1. The van der Waals surface area contributed by atoms with E-state index in [1.165, 1.54) is 11.3 Å². The monoisotopic (exact) mass is 330 g/mol. The predicted octanol–water partition coefficient (Wildman–Crippen LogP) is 5.36. The van der Waals surface area contributed by atoms with Gasteiger partial charge in [-0.05, 0) is 63.6 Å². The maximum absolute atomic E-state index is 11.5. The summed E-state index contributed by atoms with van der Waals surface area (Å²) in [6.07, 6.45) is 1.87. The van der Waals surface area contributed by atoms with E-state index in [0.29, 0.717) is 5.56 Å². The molecule has 2 aromatic carbocycles. The van der Waals surface area contributed by atoms with Crippen LogP contribution in [0.5, 0.6) is 0 Å². The summed E-state index contributed by atoms with van der Waals surface area (Å²) in [4.78, 5) is 16.1. The molecule has 0 bridgehead atoms. The molecule has 0 radical (unpaired) electrons. The Balaban J connectivity index is 1.96. The average Bonchev–Trinajstić information content (AvgIpc) is 2.87. The molecule has 3 heteroatoms. The SMILES string of the molecule is CC(=O)c1cccc(N=Cc2cc(C)n(-c3cccc(C)c3)c2C)c1. The van der Waals surface area contributed by atoms with Crippen molar-refractivity contribution in [3.05, 3.63) is 82.7 Å². The van der Waals surface area contributed by atoms with Gasteiger partial charge in [0.1, 0.15) is 0 Å². The molecular formula is C22H22N2O. The number of aromatic nitrogens is 1. The van der Waals surface area contributed by atoms with E-state index in [9.17, 15) is 4.79 Å². The molecule has 3 rings (SSSR count). The Kier molecular flexibility index (Phi) is 4.66. The maximum atomic E-state index is 11.5. The van der Waals surface area contributed by atoms with Gasteiger partial charge in [0.25, 0.3) is 0 Å². The minimum atomic E-state index is 0.0506. The van der Waals surface area contributed by atoms with Crippen LogP contribution in [0, 0.1) is 20.8 Å². The Bertz CT molecular complexity index is 964. The minimum Gasteiger partial charge on any atom is -0.318 e. The molecule has 0 saturated heterocycles. The van der Waals surface area contributed by atoms with Gasteiger partial charge in [-0.1, -0.05) is 24.3 Å². The standard InChI is InChI=1S/C22H22N2O/c1-15-7-5-10-22(11-15)24-16(2)12-20(17(24)3)14-23-21-9-6-8-19(13-21)18(4)25/h5-14H,1-4H3. The van der Waals surface area contributed by atoms with Gasteiger partial charge < -0.3 is 4.57 Å². The lowest BCUT2D eigenvalue weighted by atomic mass is 10.1. The van der Waals surface area contributed by atoms with E-state index >= 15 is 0 Å². The van der Waals surface area contributed by atoms with E-state index in [2.05, 4.69) is 60.7 Å². The van der Waals surface area contributed by atoms with Crippen LogP contribution in [-0.2, 0) is 0 Å². The molecule has 0 amide bonds. The zero-order chi connectivity index (χ0) is 18.0. The summed E-state index contributed by atoms with van der Waals surface area (Å²) in [5.41, 5.74) is 7.26. The zero-order valence-electron chi connectivity index (χ0n) is 15.1. The third-order valence-electron chi connectivity index (χ3n) is 4.34. The fourth-order valence-electron chi connectivity index (χ4n) is 3.03. The molecule has 1 aromatic heterocycles. The molecule has 0 atom stereocenters. The highest BCUT2D eigenvalue weighted by atomic mass is 16.1. The van der Waals surface area contributed by atoms with Crippen LogP contribution >= 0.6 is 0 Å². The first kappa shape index (κ1) is 16.9. The largest absolute Gasteiger partial charge is 0.318 e. The number of ketones is 1. The Morgan fingerprint density at radius 3 is 2.48 bits per heavy atom. The summed E-state index contributed by atoms with van der Waals surface area (Å²) in [6.45, 7) is 7.87. The van der Waals surface area contributed by atoms with E-state index < -0.39 is 0 Å². The van der Waals surface area contributed by atoms with E-state index in [-0.39, 0.29) is 5.78 Å². The van der Waals surface area contributed by atoms with Crippen LogP contribution in [0.2, 0.25) is 0 Å². The molecule has 0 saturated carbocycles. The number of nitrogens with zero attached hydrogens (tertiary/aromatic N) is 2. The van der Waals surface area contributed by atoms with Gasteiger partial charge in [0.2, 0.25) is 0 Å².